The maximum absolute atomic E-state index is 12.5. The normalized spacial score (nSPS) is 20.6. The Labute approximate surface area is 124 Å². The number of nitrogens with one attached hydrogen (secondary N) is 1. The highest BCUT2D eigenvalue weighted by molar-refractivity contribution is 5.93. The number of aliphatic hydroxyl groups is 1. The van der Waals surface area contributed by atoms with Crippen molar-refractivity contribution in [1.29, 1.82) is 0 Å². The van der Waals surface area contributed by atoms with Crippen LogP contribution in [0.1, 0.15) is 47.5 Å². The Kier molecular flexibility index (Phi) is 3.55. The second-order valence-corrected chi connectivity index (χ2v) is 5.82. The Hall–Kier alpha value is -2.07. The van der Waals surface area contributed by atoms with Gasteiger partial charge in [-0.1, -0.05) is 24.3 Å². The van der Waals surface area contributed by atoms with E-state index in [0.29, 0.717) is 12.1 Å². The van der Waals surface area contributed by atoms with Crippen molar-refractivity contribution in [2.24, 2.45) is 0 Å². The number of benzene rings is 1. The Morgan fingerprint density at radius 2 is 2.05 bits per heavy atom. The van der Waals surface area contributed by atoms with E-state index < -0.39 is 6.10 Å². The predicted molar refractivity (Wildman–Crippen MR) is 81.2 cm³/mol. The highest BCUT2D eigenvalue weighted by atomic mass is 16.3. The lowest BCUT2D eigenvalue weighted by Crippen LogP contribution is -2.35. The fourth-order valence-electron chi connectivity index (χ4n) is 3.00. The summed E-state index contributed by atoms with van der Waals surface area (Å²) < 4.78 is 1.93. The molecule has 0 bridgehead atoms. The van der Waals surface area contributed by atoms with Gasteiger partial charge >= 0.3 is 0 Å². The molecule has 0 fully saturated rings. The van der Waals surface area contributed by atoms with Crippen LogP contribution in [0.15, 0.2) is 42.6 Å². The molecule has 0 aliphatic heterocycles. The number of fused-ring (bicyclic) bond motifs is 1. The number of hydrogen-bond acceptors (Lipinski definition) is 2. The van der Waals surface area contributed by atoms with Crippen LogP contribution in [-0.4, -0.2) is 21.7 Å². The third kappa shape index (κ3) is 2.47. The average Bonchev–Trinajstić information content (AvgIpc) is 3.04. The third-order valence-electron chi connectivity index (χ3n) is 4.06. The highest BCUT2D eigenvalue weighted by Crippen LogP contribution is 2.31. The highest BCUT2D eigenvalue weighted by Gasteiger charge is 2.32. The molecule has 0 spiro atoms. The van der Waals surface area contributed by atoms with E-state index in [1.54, 1.807) is 0 Å². The molecule has 0 saturated carbocycles. The molecule has 3 rings (SSSR count). The van der Waals surface area contributed by atoms with Crippen LogP contribution in [0.3, 0.4) is 0 Å². The van der Waals surface area contributed by atoms with Crippen LogP contribution in [0.4, 0.5) is 0 Å². The molecule has 4 nitrogen and oxygen atoms in total. The van der Waals surface area contributed by atoms with Gasteiger partial charge in [0.1, 0.15) is 5.69 Å². The smallest absolute Gasteiger partial charge is 0.268 e. The van der Waals surface area contributed by atoms with Gasteiger partial charge in [-0.3, -0.25) is 4.79 Å². The third-order valence-corrected chi connectivity index (χ3v) is 4.06. The van der Waals surface area contributed by atoms with Crippen LogP contribution in [0.25, 0.3) is 0 Å². The number of nitrogens with zero attached hydrogens (tertiary/aromatic N) is 1. The minimum Gasteiger partial charge on any atom is -0.390 e. The summed E-state index contributed by atoms with van der Waals surface area (Å²) in [6.07, 6.45) is 1.93. The largest absolute Gasteiger partial charge is 0.390 e. The number of carbonyl (C=O) groups excluding carboxylic acids is 1. The van der Waals surface area contributed by atoms with Crippen LogP contribution in [0.2, 0.25) is 0 Å². The van der Waals surface area contributed by atoms with Gasteiger partial charge in [0.2, 0.25) is 0 Å². The van der Waals surface area contributed by atoms with E-state index in [4.69, 9.17) is 0 Å². The first-order chi connectivity index (χ1) is 10.1. The van der Waals surface area contributed by atoms with Crippen molar-refractivity contribution >= 4 is 5.91 Å². The van der Waals surface area contributed by atoms with Gasteiger partial charge in [0.05, 0.1) is 12.1 Å². The van der Waals surface area contributed by atoms with E-state index in [2.05, 4.69) is 5.32 Å². The minimum atomic E-state index is -0.561. The molecule has 1 aliphatic carbocycles. The fraction of sp³-hybridized carbons (Fsp3) is 0.353. The summed E-state index contributed by atoms with van der Waals surface area (Å²) in [7, 11) is 0. The predicted octanol–water partition coefficient (Wildman–Crippen LogP) is 2.46. The van der Waals surface area contributed by atoms with Crippen LogP contribution < -0.4 is 5.32 Å². The molecular formula is C17H20N2O2. The van der Waals surface area contributed by atoms with Gasteiger partial charge in [-0.15, -0.1) is 0 Å². The first kappa shape index (κ1) is 13.9. The first-order valence-corrected chi connectivity index (χ1v) is 7.31. The van der Waals surface area contributed by atoms with E-state index >= 15 is 0 Å². The molecule has 4 heteroatoms. The van der Waals surface area contributed by atoms with Gasteiger partial charge in [-0.2, -0.15) is 0 Å². The Balaban J connectivity index is 1.84. The molecule has 2 aromatic rings. The lowest BCUT2D eigenvalue weighted by molar-refractivity contribution is 0.0848. The monoisotopic (exact) mass is 284 g/mol. The van der Waals surface area contributed by atoms with Crippen LogP contribution >= 0.6 is 0 Å². The number of hydrogen-bond donors (Lipinski definition) is 2. The molecule has 2 atom stereocenters. The first-order valence-electron chi connectivity index (χ1n) is 7.31. The van der Waals surface area contributed by atoms with Crippen molar-refractivity contribution in [1.82, 2.24) is 9.88 Å². The van der Waals surface area contributed by atoms with Crippen molar-refractivity contribution < 1.29 is 9.90 Å². The van der Waals surface area contributed by atoms with E-state index in [0.717, 1.165) is 11.1 Å². The van der Waals surface area contributed by atoms with E-state index in [1.165, 1.54) is 0 Å². The maximum atomic E-state index is 12.5. The standard InChI is InChI=1S/C17H20N2O2/c1-11(2)19-9-5-8-14(19)17(21)18-16-13-7-4-3-6-12(13)10-15(16)20/h3-9,11,15-16,20H,10H2,1-2H3,(H,18,21)/t15-,16+/m0/s1. The maximum Gasteiger partial charge on any atom is 0.268 e. The molecule has 21 heavy (non-hydrogen) atoms. The molecule has 110 valence electrons. The molecule has 1 heterocycles. The number of rotatable bonds is 3. The lowest BCUT2D eigenvalue weighted by Gasteiger charge is -2.19. The molecule has 1 aromatic carbocycles. The molecule has 0 saturated heterocycles. The Morgan fingerprint density at radius 1 is 1.29 bits per heavy atom. The van der Waals surface area contributed by atoms with Crippen LogP contribution in [0, 0.1) is 0 Å². The average molecular weight is 284 g/mol. The van der Waals surface area contributed by atoms with E-state index in [9.17, 15) is 9.90 Å². The summed E-state index contributed by atoms with van der Waals surface area (Å²) in [6, 6.07) is 11.4. The summed E-state index contributed by atoms with van der Waals surface area (Å²) >= 11 is 0. The van der Waals surface area contributed by atoms with E-state index in [-0.39, 0.29) is 18.0 Å². The van der Waals surface area contributed by atoms with Gasteiger partial charge in [-0.25, -0.2) is 0 Å². The van der Waals surface area contributed by atoms with Crippen molar-refractivity contribution in [3.05, 3.63) is 59.4 Å². The van der Waals surface area contributed by atoms with Gasteiger partial charge in [0, 0.05) is 18.7 Å². The number of aromatic nitrogens is 1. The van der Waals surface area contributed by atoms with Crippen LogP contribution in [0.5, 0.6) is 0 Å². The second-order valence-electron chi connectivity index (χ2n) is 5.82. The molecular weight excluding hydrogens is 264 g/mol. The van der Waals surface area contributed by atoms with E-state index in [1.807, 2.05) is 61.0 Å². The van der Waals surface area contributed by atoms with Gasteiger partial charge < -0.3 is 15.0 Å². The summed E-state index contributed by atoms with van der Waals surface area (Å²) in [5.41, 5.74) is 2.75. The molecule has 1 aromatic heterocycles. The Morgan fingerprint density at radius 3 is 2.81 bits per heavy atom. The summed E-state index contributed by atoms with van der Waals surface area (Å²) in [5.74, 6) is -0.144. The SMILES string of the molecule is CC(C)n1cccc1C(=O)N[C@@H]1c2ccccc2C[C@@H]1O. The van der Waals surface area contributed by atoms with Gasteiger partial charge in [-0.05, 0) is 37.1 Å². The summed E-state index contributed by atoms with van der Waals surface area (Å²) in [5, 5.41) is 13.2. The lowest BCUT2D eigenvalue weighted by atomic mass is 10.1. The summed E-state index contributed by atoms with van der Waals surface area (Å²) in [6.45, 7) is 4.08. The van der Waals surface area contributed by atoms with Crippen molar-refractivity contribution in [3.8, 4) is 0 Å². The molecule has 1 amide bonds. The quantitative estimate of drug-likeness (QED) is 0.909. The summed E-state index contributed by atoms with van der Waals surface area (Å²) in [4.78, 5) is 12.5. The topological polar surface area (TPSA) is 54.3 Å². The number of amides is 1. The zero-order chi connectivity index (χ0) is 15.0. The molecule has 0 unspecified atom stereocenters. The van der Waals surface area contributed by atoms with Gasteiger partial charge in [0.25, 0.3) is 5.91 Å². The van der Waals surface area contributed by atoms with Crippen LogP contribution in [-0.2, 0) is 6.42 Å². The van der Waals surface area contributed by atoms with Crippen molar-refractivity contribution in [3.63, 3.8) is 0 Å². The van der Waals surface area contributed by atoms with Crippen molar-refractivity contribution in [2.45, 2.75) is 38.5 Å². The Bertz CT molecular complexity index is 660. The molecule has 0 radical (unpaired) electrons. The zero-order valence-electron chi connectivity index (χ0n) is 12.3. The zero-order valence-corrected chi connectivity index (χ0v) is 12.3. The number of aliphatic hydroxyl groups excluding tert-OH is 1. The second kappa shape index (κ2) is 5.37. The van der Waals surface area contributed by atoms with Crippen molar-refractivity contribution in [2.75, 3.05) is 0 Å². The minimum absolute atomic E-state index is 0.144. The molecule has 1 aliphatic rings. The fourth-order valence-corrected chi connectivity index (χ4v) is 3.00. The number of carbonyl (C=O) groups is 1. The van der Waals surface area contributed by atoms with Gasteiger partial charge in [0.15, 0.2) is 0 Å². The molecule has 2 N–H and O–H groups in total.